The zero-order valence-electron chi connectivity index (χ0n) is 24.0. The fourth-order valence-corrected chi connectivity index (χ4v) is 5.82. The first-order valence-electron chi connectivity index (χ1n) is 13.6. The molecule has 0 bridgehead atoms. The van der Waals surface area contributed by atoms with Gasteiger partial charge in [0.15, 0.2) is 4.80 Å². The van der Waals surface area contributed by atoms with Gasteiger partial charge in [-0.3, -0.25) is 9.36 Å². The lowest BCUT2D eigenvalue weighted by molar-refractivity contribution is -0.139. The van der Waals surface area contributed by atoms with Crippen molar-refractivity contribution in [3.63, 3.8) is 0 Å². The number of rotatable bonds is 8. The van der Waals surface area contributed by atoms with Gasteiger partial charge in [-0.15, -0.1) is 0 Å². The Bertz CT molecular complexity index is 1860. The zero-order valence-corrected chi connectivity index (χ0v) is 24.9. The number of hydrogen-bond acceptors (Lipinski definition) is 9. The maximum Gasteiger partial charge on any atom is 0.338 e. The first-order chi connectivity index (χ1) is 20.2. The molecule has 0 saturated carbocycles. The van der Waals surface area contributed by atoms with Crippen molar-refractivity contribution in [3.8, 4) is 11.3 Å². The molecule has 0 spiro atoms. The van der Waals surface area contributed by atoms with Crippen LogP contribution in [0.15, 0.2) is 86.1 Å². The van der Waals surface area contributed by atoms with E-state index in [1.807, 2.05) is 49.3 Å². The van der Waals surface area contributed by atoms with Gasteiger partial charge < -0.3 is 18.8 Å². The summed E-state index contributed by atoms with van der Waals surface area (Å²) < 4.78 is 18.5. The van der Waals surface area contributed by atoms with Gasteiger partial charge in [-0.05, 0) is 62.7 Å². The van der Waals surface area contributed by atoms with E-state index < -0.39 is 18.0 Å². The molecule has 1 aliphatic rings. The van der Waals surface area contributed by atoms with E-state index in [4.69, 9.17) is 13.9 Å². The Hall–Kier alpha value is -4.70. The Labute approximate surface area is 246 Å². The molecule has 2 aromatic heterocycles. The van der Waals surface area contributed by atoms with E-state index in [2.05, 4.69) is 4.99 Å². The lowest BCUT2D eigenvalue weighted by Gasteiger charge is -2.25. The molecule has 0 radical (unpaired) electrons. The number of thiazole rings is 1. The summed E-state index contributed by atoms with van der Waals surface area (Å²) in [6, 6.07) is 17.6. The van der Waals surface area contributed by atoms with Crippen LogP contribution in [0.4, 0.5) is 5.69 Å². The van der Waals surface area contributed by atoms with Crippen molar-refractivity contribution in [3.05, 3.63) is 109 Å². The molecule has 5 rings (SSSR count). The molecule has 0 saturated heterocycles. The predicted molar refractivity (Wildman–Crippen MR) is 161 cm³/mol. The van der Waals surface area contributed by atoms with E-state index in [1.165, 1.54) is 11.3 Å². The van der Waals surface area contributed by atoms with Gasteiger partial charge in [-0.25, -0.2) is 14.6 Å². The molecule has 0 amide bonds. The summed E-state index contributed by atoms with van der Waals surface area (Å²) >= 11 is 1.22. The summed E-state index contributed by atoms with van der Waals surface area (Å²) in [5, 5.41) is 0. The molecule has 0 unspecified atom stereocenters. The molecule has 2 aromatic carbocycles. The van der Waals surface area contributed by atoms with E-state index in [-0.39, 0.29) is 18.8 Å². The van der Waals surface area contributed by atoms with Crippen LogP contribution in [0.2, 0.25) is 0 Å². The number of hydrogen-bond donors (Lipinski definition) is 0. The number of ether oxygens (including phenoxy) is 2. The minimum Gasteiger partial charge on any atom is -0.463 e. The number of carbonyl (C=O) groups is 2. The van der Waals surface area contributed by atoms with Gasteiger partial charge in [0.05, 0.1) is 40.6 Å². The average Bonchev–Trinajstić information content (AvgIpc) is 3.57. The lowest BCUT2D eigenvalue weighted by atomic mass is 9.95. The van der Waals surface area contributed by atoms with Gasteiger partial charge in [0, 0.05) is 31.4 Å². The quantitative estimate of drug-likeness (QED) is 0.284. The second-order valence-corrected chi connectivity index (χ2v) is 10.8. The molecule has 3 heterocycles. The van der Waals surface area contributed by atoms with E-state index in [0.717, 1.165) is 11.3 Å². The second-order valence-electron chi connectivity index (χ2n) is 9.79. The van der Waals surface area contributed by atoms with E-state index in [1.54, 1.807) is 61.7 Å². The monoisotopic (exact) mass is 585 g/mol. The summed E-state index contributed by atoms with van der Waals surface area (Å²) in [4.78, 5) is 46.2. The molecule has 0 aliphatic carbocycles. The van der Waals surface area contributed by atoms with Crippen LogP contribution in [-0.2, 0) is 14.3 Å². The Kier molecular flexibility index (Phi) is 8.26. The first-order valence-corrected chi connectivity index (χ1v) is 14.4. The summed E-state index contributed by atoms with van der Waals surface area (Å²) in [5.41, 5.74) is 3.43. The average molecular weight is 586 g/mol. The fraction of sp³-hybridized carbons (Fsp3) is 0.250. The van der Waals surface area contributed by atoms with Crippen LogP contribution in [0, 0.1) is 0 Å². The maximum absolute atomic E-state index is 13.9. The summed E-state index contributed by atoms with van der Waals surface area (Å²) in [5.74, 6) is 0.0931. The number of carbonyl (C=O) groups excluding carboxylic acids is 2. The van der Waals surface area contributed by atoms with Crippen LogP contribution >= 0.6 is 11.3 Å². The molecule has 9 nitrogen and oxygen atoms in total. The lowest BCUT2D eigenvalue weighted by Crippen LogP contribution is -2.39. The van der Waals surface area contributed by atoms with E-state index >= 15 is 0 Å². The van der Waals surface area contributed by atoms with Crippen LogP contribution in [0.3, 0.4) is 0 Å². The number of nitrogens with zero attached hydrogens (tertiary/aromatic N) is 3. The highest BCUT2D eigenvalue weighted by Gasteiger charge is 2.33. The minimum atomic E-state index is -0.698. The zero-order chi connectivity index (χ0) is 30.0. The molecule has 1 atom stereocenters. The van der Waals surface area contributed by atoms with Gasteiger partial charge in [-0.2, -0.15) is 0 Å². The SMILES string of the molecule is CCOC(=O)C1=C(C)N=c2s/c(=C\c3ccc(-c4cccc(C(=O)OCC)c4)o3)c(=O)n2[C@H]1c1ccc(N(C)C)cc1. The molecular weight excluding hydrogens is 554 g/mol. The van der Waals surface area contributed by atoms with E-state index in [9.17, 15) is 14.4 Å². The third-order valence-corrected chi connectivity index (χ3v) is 7.78. The van der Waals surface area contributed by atoms with Gasteiger partial charge >= 0.3 is 11.9 Å². The fourth-order valence-electron chi connectivity index (χ4n) is 4.79. The van der Waals surface area contributed by atoms with Crippen LogP contribution < -0.4 is 19.8 Å². The van der Waals surface area contributed by atoms with Crippen LogP contribution in [0.25, 0.3) is 17.4 Å². The summed E-state index contributed by atoms with van der Waals surface area (Å²) in [7, 11) is 3.90. The molecule has 1 aliphatic heterocycles. The van der Waals surface area contributed by atoms with Crippen molar-refractivity contribution < 1.29 is 23.5 Å². The number of benzene rings is 2. The van der Waals surface area contributed by atoms with Crippen LogP contribution in [0.5, 0.6) is 0 Å². The number of allylic oxidation sites excluding steroid dienone is 1. The van der Waals surface area contributed by atoms with Crippen molar-refractivity contribution in [1.82, 2.24) is 4.57 Å². The highest BCUT2D eigenvalue weighted by Crippen LogP contribution is 2.32. The van der Waals surface area contributed by atoms with Gasteiger partial charge in [0.25, 0.3) is 5.56 Å². The highest BCUT2D eigenvalue weighted by atomic mass is 32.1. The Morgan fingerprint density at radius 1 is 1.02 bits per heavy atom. The molecule has 216 valence electrons. The third-order valence-electron chi connectivity index (χ3n) is 6.80. The summed E-state index contributed by atoms with van der Waals surface area (Å²) in [6.45, 7) is 5.75. The van der Waals surface area contributed by atoms with Gasteiger partial charge in [0.2, 0.25) is 0 Å². The van der Waals surface area contributed by atoms with Crippen molar-refractivity contribution in [2.45, 2.75) is 26.8 Å². The Morgan fingerprint density at radius 2 is 1.74 bits per heavy atom. The van der Waals surface area contributed by atoms with Crippen molar-refractivity contribution in [2.75, 3.05) is 32.2 Å². The predicted octanol–water partition coefficient (Wildman–Crippen LogP) is 4.30. The third kappa shape index (κ3) is 5.58. The van der Waals surface area contributed by atoms with Crippen LogP contribution in [0.1, 0.15) is 48.5 Å². The Morgan fingerprint density at radius 3 is 2.43 bits per heavy atom. The molecule has 42 heavy (non-hydrogen) atoms. The number of aromatic nitrogens is 1. The molecule has 0 fully saturated rings. The molecule has 0 N–H and O–H groups in total. The van der Waals surface area contributed by atoms with Crippen molar-refractivity contribution >= 4 is 35.0 Å². The second kappa shape index (κ2) is 12.0. The van der Waals surface area contributed by atoms with Crippen LogP contribution in [-0.4, -0.2) is 43.8 Å². The number of furan rings is 1. The number of esters is 2. The standard InChI is InChI=1S/C32H31N3O6S/c1-6-39-30(37)22-10-8-9-21(17-22)25-16-15-24(41-25)18-26-29(36)35-28(20-11-13-23(14-12-20)34(4)5)27(31(38)40-7-2)19(3)33-32(35)42-26/h8-18,28H,6-7H2,1-5H3/b26-18-/t28-/m0/s1. The minimum absolute atomic E-state index is 0.204. The molecular formula is C32H31N3O6S. The van der Waals surface area contributed by atoms with Crippen molar-refractivity contribution in [2.24, 2.45) is 4.99 Å². The van der Waals surface area contributed by atoms with E-state index in [0.29, 0.717) is 43.3 Å². The smallest absolute Gasteiger partial charge is 0.338 e. The highest BCUT2D eigenvalue weighted by molar-refractivity contribution is 7.07. The topological polar surface area (TPSA) is 103 Å². The van der Waals surface area contributed by atoms with Gasteiger partial charge in [-0.1, -0.05) is 35.6 Å². The maximum atomic E-state index is 13.9. The van der Waals surface area contributed by atoms with Crippen molar-refractivity contribution in [1.29, 1.82) is 0 Å². The van der Waals surface area contributed by atoms with Gasteiger partial charge in [0.1, 0.15) is 11.5 Å². The Balaban J connectivity index is 1.57. The number of fused-ring (bicyclic) bond motifs is 1. The normalized spacial score (nSPS) is 14.8. The molecule has 10 heteroatoms. The first kappa shape index (κ1) is 28.8. The molecule has 4 aromatic rings. The largest absolute Gasteiger partial charge is 0.463 e. The number of anilines is 1. The summed E-state index contributed by atoms with van der Waals surface area (Å²) in [6.07, 6.45) is 1.66.